The molecular formula is C12H11NO4SZn+2. The van der Waals surface area contributed by atoms with Gasteiger partial charge in [0.25, 0.3) is 0 Å². The van der Waals surface area contributed by atoms with E-state index in [1.54, 1.807) is 30.3 Å². The Hall–Kier alpha value is -1.72. The van der Waals surface area contributed by atoms with Crippen LogP contribution in [0.2, 0.25) is 0 Å². The van der Waals surface area contributed by atoms with Gasteiger partial charge in [-0.1, -0.05) is 30.4 Å². The average Bonchev–Trinajstić information content (AvgIpc) is 2.34. The molecule has 94 valence electrons. The second-order valence-corrected chi connectivity index (χ2v) is 3.62. The van der Waals surface area contributed by atoms with Gasteiger partial charge in [0.2, 0.25) is 0 Å². The van der Waals surface area contributed by atoms with Crippen LogP contribution in [0.4, 0.5) is 0 Å². The quantitative estimate of drug-likeness (QED) is 0.425. The molecule has 5 nitrogen and oxygen atoms in total. The van der Waals surface area contributed by atoms with Gasteiger partial charge in [-0.25, -0.2) is 4.79 Å². The molecule has 2 aromatic rings. The first-order valence-corrected chi connectivity index (χ1v) is 5.31. The molecule has 7 heteroatoms. The molecule has 1 heterocycles. The van der Waals surface area contributed by atoms with Gasteiger partial charge in [0.05, 0.1) is 0 Å². The van der Waals surface area contributed by atoms with Gasteiger partial charge in [-0.15, -0.1) is 0 Å². The molecule has 0 spiro atoms. The zero-order valence-corrected chi connectivity index (χ0v) is 13.7. The minimum absolute atomic E-state index is 0. The standard InChI is InChI=1S/C7H6O3.C5H5NOS.Zn/c8-6-4-2-1-3-5(6)7(9)10;7-6-4-2-1-3-5(6)8;/h1-4,8H,(H,9,10);1-4,7H;/q;;+2. The third kappa shape index (κ3) is 5.63. The number of benzene rings is 1. The largest absolute Gasteiger partial charge is 2.00 e. The van der Waals surface area contributed by atoms with Gasteiger partial charge < -0.3 is 15.4 Å². The predicted molar refractivity (Wildman–Crippen MR) is 67.5 cm³/mol. The molecule has 0 aliphatic rings. The summed E-state index contributed by atoms with van der Waals surface area (Å²) in [6.45, 7) is 0. The van der Waals surface area contributed by atoms with Crippen LogP contribution in [0, 0.1) is 4.64 Å². The Morgan fingerprint density at radius 2 is 1.68 bits per heavy atom. The number of carboxylic acids is 1. The van der Waals surface area contributed by atoms with Crippen molar-refractivity contribution in [3.63, 3.8) is 0 Å². The number of nitrogens with zero attached hydrogens (tertiary/aromatic N) is 1. The summed E-state index contributed by atoms with van der Waals surface area (Å²) in [6, 6.07) is 10.9. The van der Waals surface area contributed by atoms with Gasteiger partial charge in [-0.2, -0.15) is 4.73 Å². The number of rotatable bonds is 1. The maximum absolute atomic E-state index is 10.3. The Balaban J connectivity index is 0.000000331. The fourth-order valence-corrected chi connectivity index (χ4v) is 1.21. The first-order chi connectivity index (χ1) is 8.52. The van der Waals surface area contributed by atoms with Crippen LogP contribution in [0.5, 0.6) is 5.75 Å². The summed E-state index contributed by atoms with van der Waals surface area (Å²) in [5.74, 6) is -1.31. The van der Waals surface area contributed by atoms with Crippen LogP contribution in [0.25, 0.3) is 0 Å². The summed E-state index contributed by atoms with van der Waals surface area (Å²) >= 11 is 4.67. The van der Waals surface area contributed by atoms with Crippen molar-refractivity contribution >= 4 is 18.2 Å². The predicted octanol–water partition coefficient (Wildman–Crippen LogP) is 2.54. The van der Waals surface area contributed by atoms with Gasteiger partial charge in [0.1, 0.15) is 16.0 Å². The number of carbonyl (C=O) groups is 1. The molecule has 1 aromatic heterocycles. The summed E-state index contributed by atoms with van der Waals surface area (Å²) < 4.78 is 1.32. The first kappa shape index (κ1) is 17.3. The number of phenols is 1. The molecule has 0 bridgehead atoms. The first-order valence-electron chi connectivity index (χ1n) is 4.90. The van der Waals surface area contributed by atoms with E-state index in [2.05, 4.69) is 12.2 Å². The summed E-state index contributed by atoms with van der Waals surface area (Å²) in [5, 5.41) is 26.0. The second kappa shape index (κ2) is 8.40. The molecule has 3 N–H and O–H groups in total. The van der Waals surface area contributed by atoms with Gasteiger partial charge in [0.15, 0.2) is 0 Å². The topological polar surface area (TPSA) is 82.7 Å². The van der Waals surface area contributed by atoms with Crippen LogP contribution >= 0.6 is 12.2 Å². The van der Waals surface area contributed by atoms with Crippen molar-refractivity contribution in [2.24, 2.45) is 0 Å². The number of pyridine rings is 1. The average molecular weight is 331 g/mol. The summed E-state index contributed by atoms with van der Waals surface area (Å²) in [4.78, 5) is 10.3. The smallest absolute Gasteiger partial charge is 0.507 e. The Kier molecular flexibility index (Phi) is 7.64. The van der Waals surface area contributed by atoms with E-state index >= 15 is 0 Å². The van der Waals surface area contributed by atoms with E-state index in [1.807, 2.05) is 0 Å². The van der Waals surface area contributed by atoms with Crippen LogP contribution < -0.4 is 0 Å². The molecule has 0 unspecified atom stereocenters. The normalized spacial score (nSPS) is 8.63. The SMILES string of the molecule is O=C(O)c1ccccc1O.On1ccccc1=S.[Zn+2]. The minimum Gasteiger partial charge on any atom is -0.507 e. The van der Waals surface area contributed by atoms with Crippen LogP contribution in [-0.4, -0.2) is 26.1 Å². The van der Waals surface area contributed by atoms with Crippen LogP contribution in [0.3, 0.4) is 0 Å². The third-order valence-corrected chi connectivity index (χ3v) is 2.26. The monoisotopic (exact) mass is 329 g/mol. The van der Waals surface area contributed by atoms with Crippen molar-refractivity contribution in [3.05, 3.63) is 58.9 Å². The van der Waals surface area contributed by atoms with Crippen molar-refractivity contribution < 1.29 is 39.7 Å². The van der Waals surface area contributed by atoms with E-state index in [0.29, 0.717) is 4.64 Å². The molecule has 0 radical (unpaired) electrons. The molecule has 0 fully saturated rings. The molecule has 19 heavy (non-hydrogen) atoms. The summed E-state index contributed by atoms with van der Waals surface area (Å²) in [6.07, 6.45) is 1.49. The summed E-state index contributed by atoms with van der Waals surface area (Å²) in [7, 11) is 0. The fourth-order valence-electron chi connectivity index (χ4n) is 1.07. The zero-order chi connectivity index (χ0) is 13.5. The van der Waals surface area contributed by atoms with Crippen molar-refractivity contribution in [1.29, 1.82) is 0 Å². The van der Waals surface area contributed by atoms with Gasteiger partial charge in [-0.3, -0.25) is 0 Å². The number of hydrogen-bond acceptors (Lipinski definition) is 4. The summed E-state index contributed by atoms with van der Waals surface area (Å²) in [5.41, 5.74) is -0.0671. The molecule has 0 aliphatic heterocycles. The minimum atomic E-state index is -1.11. The second-order valence-electron chi connectivity index (χ2n) is 3.21. The van der Waals surface area contributed by atoms with Gasteiger partial charge in [-0.05, 0) is 24.3 Å². The molecule has 2 rings (SSSR count). The molecule has 0 saturated heterocycles. The van der Waals surface area contributed by atoms with Gasteiger partial charge >= 0.3 is 25.4 Å². The third-order valence-electron chi connectivity index (χ3n) is 1.94. The van der Waals surface area contributed by atoms with E-state index in [1.165, 1.54) is 18.3 Å². The molecule has 0 amide bonds. The van der Waals surface area contributed by atoms with E-state index < -0.39 is 5.97 Å². The Morgan fingerprint density at radius 3 is 2.05 bits per heavy atom. The number of carboxylic acid groups (broad SMARTS) is 1. The molecular weight excluding hydrogens is 320 g/mol. The number of para-hydroxylation sites is 1. The van der Waals surface area contributed by atoms with Crippen LogP contribution in [-0.2, 0) is 19.5 Å². The Morgan fingerprint density at radius 1 is 1.11 bits per heavy atom. The molecule has 0 saturated carbocycles. The number of aromatic carboxylic acids is 1. The zero-order valence-electron chi connectivity index (χ0n) is 9.93. The number of hydrogen-bond donors (Lipinski definition) is 3. The Bertz CT molecular complexity index is 600. The molecule has 0 atom stereocenters. The van der Waals surface area contributed by atoms with E-state index in [4.69, 9.17) is 15.4 Å². The maximum atomic E-state index is 10.3. The van der Waals surface area contributed by atoms with Gasteiger partial charge in [0, 0.05) is 6.20 Å². The van der Waals surface area contributed by atoms with Crippen molar-refractivity contribution in [2.75, 3.05) is 0 Å². The van der Waals surface area contributed by atoms with E-state index in [0.717, 1.165) is 4.73 Å². The van der Waals surface area contributed by atoms with Crippen molar-refractivity contribution in [2.45, 2.75) is 0 Å². The van der Waals surface area contributed by atoms with E-state index in [9.17, 15) is 4.79 Å². The fraction of sp³-hybridized carbons (Fsp3) is 0. The number of aromatic hydroxyl groups is 1. The van der Waals surface area contributed by atoms with Crippen LogP contribution in [0.1, 0.15) is 10.4 Å². The molecule has 0 aliphatic carbocycles. The maximum Gasteiger partial charge on any atom is 2.00 e. The van der Waals surface area contributed by atoms with E-state index in [-0.39, 0.29) is 30.8 Å². The van der Waals surface area contributed by atoms with Crippen LogP contribution in [0.15, 0.2) is 48.7 Å². The number of aromatic nitrogens is 1. The molecule has 1 aromatic carbocycles. The van der Waals surface area contributed by atoms with Crippen molar-refractivity contribution in [3.8, 4) is 5.75 Å². The van der Waals surface area contributed by atoms with Crippen molar-refractivity contribution in [1.82, 2.24) is 4.73 Å². The Labute approximate surface area is 127 Å².